The zero-order valence-electron chi connectivity index (χ0n) is 14.1. The van der Waals surface area contributed by atoms with Gasteiger partial charge in [-0.15, -0.1) is 0 Å². The smallest absolute Gasteiger partial charge is 0.259 e. The average molecular weight is 314 g/mol. The zero-order chi connectivity index (χ0) is 17.1. The zero-order valence-corrected chi connectivity index (χ0v) is 14.1. The van der Waals surface area contributed by atoms with Gasteiger partial charge >= 0.3 is 0 Å². The van der Waals surface area contributed by atoms with Crippen molar-refractivity contribution in [2.75, 3.05) is 10.6 Å². The molecule has 0 aliphatic carbocycles. The van der Waals surface area contributed by atoms with Crippen LogP contribution in [0.1, 0.15) is 35.6 Å². The van der Waals surface area contributed by atoms with E-state index in [1.54, 1.807) is 28.9 Å². The summed E-state index contributed by atoms with van der Waals surface area (Å²) in [7, 11) is 1.81. The lowest BCUT2D eigenvalue weighted by atomic mass is 10.1. The number of benzene rings is 1. The molecule has 0 saturated carbocycles. The van der Waals surface area contributed by atoms with Crippen molar-refractivity contribution in [3.8, 4) is 0 Å². The van der Waals surface area contributed by atoms with Gasteiger partial charge < -0.3 is 10.6 Å². The number of aromatic nitrogens is 2. The number of hydrogen-bond donors (Lipinski definition) is 2. The molecule has 6 heteroatoms. The van der Waals surface area contributed by atoms with Crippen molar-refractivity contribution in [1.29, 1.82) is 0 Å². The summed E-state index contributed by atoms with van der Waals surface area (Å²) in [6.45, 7) is 7.34. The lowest BCUT2D eigenvalue weighted by Crippen LogP contribution is -2.18. The van der Waals surface area contributed by atoms with E-state index in [4.69, 9.17) is 0 Å². The van der Waals surface area contributed by atoms with E-state index < -0.39 is 0 Å². The summed E-state index contributed by atoms with van der Waals surface area (Å²) in [6, 6.07) is 7.04. The monoisotopic (exact) mass is 314 g/mol. The number of hydrogen-bond acceptors (Lipinski definition) is 3. The maximum Gasteiger partial charge on any atom is 0.259 e. The van der Waals surface area contributed by atoms with Crippen molar-refractivity contribution < 1.29 is 9.59 Å². The summed E-state index contributed by atoms with van der Waals surface area (Å²) in [5.41, 5.74) is 3.48. The molecule has 23 heavy (non-hydrogen) atoms. The first-order valence-corrected chi connectivity index (χ1v) is 7.52. The van der Waals surface area contributed by atoms with E-state index in [-0.39, 0.29) is 17.7 Å². The minimum absolute atomic E-state index is 0.0385. The first-order chi connectivity index (χ1) is 10.8. The highest BCUT2D eigenvalue weighted by atomic mass is 16.2. The molecule has 0 aliphatic heterocycles. The topological polar surface area (TPSA) is 76.0 Å². The van der Waals surface area contributed by atoms with Crippen LogP contribution in [0.2, 0.25) is 0 Å². The van der Waals surface area contributed by atoms with Crippen molar-refractivity contribution in [2.24, 2.45) is 13.0 Å². The van der Waals surface area contributed by atoms with E-state index in [0.717, 1.165) is 5.69 Å². The minimum Gasteiger partial charge on any atom is -0.326 e. The number of amides is 2. The molecular weight excluding hydrogens is 292 g/mol. The van der Waals surface area contributed by atoms with Gasteiger partial charge in [-0.05, 0) is 38.1 Å². The molecule has 0 unspecified atom stereocenters. The Bertz CT molecular complexity index is 730. The Morgan fingerprint density at radius 3 is 2.00 bits per heavy atom. The van der Waals surface area contributed by atoms with E-state index in [9.17, 15) is 9.59 Å². The molecule has 6 nitrogen and oxygen atoms in total. The normalized spacial score (nSPS) is 10.7. The summed E-state index contributed by atoms with van der Waals surface area (Å²) in [5, 5.41) is 9.91. The predicted octanol–water partition coefficient (Wildman–Crippen LogP) is 2.88. The van der Waals surface area contributed by atoms with E-state index in [1.807, 2.05) is 34.7 Å². The number of carbonyl (C=O) groups is 2. The van der Waals surface area contributed by atoms with Crippen LogP contribution in [0.3, 0.4) is 0 Å². The lowest BCUT2D eigenvalue weighted by Gasteiger charge is -2.09. The largest absolute Gasteiger partial charge is 0.326 e. The molecule has 0 aliphatic rings. The van der Waals surface area contributed by atoms with Crippen LogP contribution in [-0.4, -0.2) is 21.6 Å². The fraction of sp³-hybridized carbons (Fsp3) is 0.353. The summed E-state index contributed by atoms with van der Waals surface area (Å²) in [6.07, 6.45) is 0. The van der Waals surface area contributed by atoms with Crippen LogP contribution in [0.25, 0.3) is 0 Å². The van der Waals surface area contributed by atoms with Crippen molar-refractivity contribution in [1.82, 2.24) is 9.78 Å². The van der Waals surface area contributed by atoms with Gasteiger partial charge in [0.15, 0.2) is 0 Å². The first kappa shape index (κ1) is 16.7. The highest BCUT2D eigenvalue weighted by molar-refractivity contribution is 6.06. The number of nitrogens with zero attached hydrogens (tertiary/aromatic N) is 2. The fourth-order valence-corrected chi connectivity index (χ4v) is 2.22. The van der Waals surface area contributed by atoms with Gasteiger partial charge in [-0.3, -0.25) is 14.3 Å². The van der Waals surface area contributed by atoms with Gasteiger partial charge in [0.2, 0.25) is 5.91 Å². The molecular formula is C17H22N4O2. The summed E-state index contributed by atoms with van der Waals surface area (Å²) < 4.78 is 1.69. The number of nitrogens with one attached hydrogen (secondary N) is 2. The molecule has 2 amide bonds. The lowest BCUT2D eigenvalue weighted by molar-refractivity contribution is -0.118. The van der Waals surface area contributed by atoms with Gasteiger partial charge in [0, 0.05) is 30.0 Å². The SMILES string of the molecule is Cc1nn(C)c(C)c1C(=O)Nc1ccc(NC(=O)C(C)C)cc1. The quantitative estimate of drug-likeness (QED) is 0.911. The third-order valence-electron chi connectivity index (χ3n) is 3.67. The van der Waals surface area contributed by atoms with E-state index in [0.29, 0.717) is 22.6 Å². The average Bonchev–Trinajstić information content (AvgIpc) is 2.74. The summed E-state index contributed by atoms with van der Waals surface area (Å²) >= 11 is 0. The van der Waals surface area contributed by atoms with Gasteiger partial charge in [0.05, 0.1) is 11.3 Å². The molecule has 2 rings (SSSR count). The Kier molecular flexibility index (Phi) is 4.83. The summed E-state index contributed by atoms with van der Waals surface area (Å²) in [5.74, 6) is -0.304. The van der Waals surface area contributed by atoms with Crippen LogP contribution in [-0.2, 0) is 11.8 Å². The van der Waals surface area contributed by atoms with Crippen LogP contribution in [0, 0.1) is 19.8 Å². The predicted molar refractivity (Wildman–Crippen MR) is 90.5 cm³/mol. The van der Waals surface area contributed by atoms with Gasteiger partial charge in [0.25, 0.3) is 5.91 Å². The molecule has 2 N–H and O–H groups in total. The van der Waals surface area contributed by atoms with Crippen molar-refractivity contribution in [3.05, 3.63) is 41.2 Å². The molecule has 0 atom stereocenters. The molecule has 0 spiro atoms. The Morgan fingerprint density at radius 1 is 1.04 bits per heavy atom. The highest BCUT2D eigenvalue weighted by Crippen LogP contribution is 2.18. The Morgan fingerprint density at radius 2 is 1.57 bits per heavy atom. The van der Waals surface area contributed by atoms with Crippen LogP contribution in [0.4, 0.5) is 11.4 Å². The van der Waals surface area contributed by atoms with Crippen LogP contribution in [0.15, 0.2) is 24.3 Å². The molecule has 122 valence electrons. The number of anilines is 2. The second-order valence-electron chi connectivity index (χ2n) is 5.84. The molecule has 0 fully saturated rings. The Labute approximate surface area is 135 Å². The number of rotatable bonds is 4. The van der Waals surface area contributed by atoms with Crippen molar-refractivity contribution >= 4 is 23.2 Å². The van der Waals surface area contributed by atoms with Crippen molar-refractivity contribution in [2.45, 2.75) is 27.7 Å². The summed E-state index contributed by atoms with van der Waals surface area (Å²) in [4.78, 5) is 24.0. The second-order valence-corrected chi connectivity index (χ2v) is 5.84. The fourth-order valence-electron chi connectivity index (χ4n) is 2.22. The molecule has 1 aromatic heterocycles. The van der Waals surface area contributed by atoms with Crippen molar-refractivity contribution in [3.63, 3.8) is 0 Å². The third-order valence-corrected chi connectivity index (χ3v) is 3.67. The van der Waals surface area contributed by atoms with Crippen LogP contribution < -0.4 is 10.6 Å². The maximum absolute atomic E-state index is 12.4. The number of aryl methyl sites for hydroxylation is 2. The highest BCUT2D eigenvalue weighted by Gasteiger charge is 2.17. The van der Waals surface area contributed by atoms with Gasteiger partial charge in [0.1, 0.15) is 0 Å². The van der Waals surface area contributed by atoms with E-state index >= 15 is 0 Å². The van der Waals surface area contributed by atoms with E-state index in [1.165, 1.54) is 0 Å². The minimum atomic E-state index is -0.188. The van der Waals surface area contributed by atoms with Crippen LogP contribution >= 0.6 is 0 Å². The van der Waals surface area contributed by atoms with Gasteiger partial charge in [-0.2, -0.15) is 5.10 Å². The molecule has 1 aromatic carbocycles. The molecule has 0 bridgehead atoms. The first-order valence-electron chi connectivity index (χ1n) is 7.52. The molecule has 0 saturated heterocycles. The van der Waals surface area contributed by atoms with Crippen LogP contribution in [0.5, 0.6) is 0 Å². The van der Waals surface area contributed by atoms with E-state index in [2.05, 4.69) is 15.7 Å². The Balaban J connectivity index is 2.09. The third kappa shape index (κ3) is 3.77. The van der Waals surface area contributed by atoms with Gasteiger partial charge in [-0.25, -0.2) is 0 Å². The standard InChI is InChI=1S/C17H22N4O2/c1-10(2)16(22)18-13-6-8-14(9-7-13)19-17(23)15-11(3)20-21(5)12(15)4/h6-10H,1-5H3,(H,18,22)(H,19,23). The molecule has 0 radical (unpaired) electrons. The molecule has 1 heterocycles. The second kappa shape index (κ2) is 6.64. The molecule has 2 aromatic rings. The van der Waals surface area contributed by atoms with Gasteiger partial charge in [-0.1, -0.05) is 13.8 Å². The Hall–Kier alpha value is -2.63. The maximum atomic E-state index is 12.4. The number of carbonyl (C=O) groups excluding carboxylic acids is 2.